The first-order valence-corrected chi connectivity index (χ1v) is 13.9. The van der Waals surface area contributed by atoms with Crippen LogP contribution in [0.4, 0.5) is 0 Å². The Morgan fingerprint density at radius 3 is 2.69 bits per heavy atom. The molecule has 8 rings (SSSR count). The first-order valence-electron chi connectivity index (χ1n) is 13.9. The molecule has 1 amide bonds. The molecule has 7 nitrogen and oxygen atoms in total. The Hall–Kier alpha value is -1.83. The summed E-state index contributed by atoms with van der Waals surface area (Å²) in [5.74, 6) is 1.64. The minimum atomic E-state index is -0.960. The third-order valence-corrected chi connectivity index (χ3v) is 11.0. The van der Waals surface area contributed by atoms with Crippen LogP contribution in [0.5, 0.6) is 11.5 Å². The molecule has 2 bridgehead atoms. The van der Waals surface area contributed by atoms with Gasteiger partial charge in [-0.05, 0) is 74.5 Å². The van der Waals surface area contributed by atoms with Crippen molar-refractivity contribution >= 4 is 5.91 Å². The molecule has 188 valence electrons. The fourth-order valence-electron chi connectivity index (χ4n) is 8.93. The number of benzene rings is 1. The van der Waals surface area contributed by atoms with Crippen molar-refractivity contribution < 1.29 is 19.7 Å². The molecule has 1 aromatic carbocycles. The number of rotatable bonds is 4. The summed E-state index contributed by atoms with van der Waals surface area (Å²) in [6.07, 6.45) is 8.42. The molecule has 0 aromatic heterocycles. The van der Waals surface area contributed by atoms with Gasteiger partial charge in [-0.25, -0.2) is 0 Å². The van der Waals surface area contributed by atoms with Crippen molar-refractivity contribution in [3.8, 4) is 11.5 Å². The van der Waals surface area contributed by atoms with Gasteiger partial charge in [-0.3, -0.25) is 14.6 Å². The van der Waals surface area contributed by atoms with Crippen LogP contribution >= 0.6 is 0 Å². The smallest absolute Gasteiger partial charge is 0.236 e. The van der Waals surface area contributed by atoms with E-state index in [2.05, 4.69) is 9.80 Å². The monoisotopic (exact) mass is 479 g/mol. The number of aromatic hydroxyl groups is 1. The zero-order valence-electron chi connectivity index (χ0n) is 20.5. The van der Waals surface area contributed by atoms with Gasteiger partial charge in [0.25, 0.3) is 0 Å². The van der Waals surface area contributed by atoms with E-state index < -0.39 is 11.0 Å². The molecule has 3 aliphatic carbocycles. The number of carbonyl (C=O) groups excluding carboxylic acids is 1. The van der Waals surface area contributed by atoms with Crippen LogP contribution in [0.2, 0.25) is 0 Å². The number of nitrogens with zero attached hydrogens (tertiary/aromatic N) is 3. The van der Waals surface area contributed by atoms with Gasteiger partial charge in [0.05, 0.1) is 24.1 Å². The Balaban J connectivity index is 1.13. The minimum absolute atomic E-state index is 0.0369. The largest absolute Gasteiger partial charge is 0.504 e. The number of amides is 1. The molecular formula is C28H37N3O4. The van der Waals surface area contributed by atoms with Gasteiger partial charge in [0.15, 0.2) is 11.5 Å². The van der Waals surface area contributed by atoms with Crippen molar-refractivity contribution in [3.63, 3.8) is 0 Å². The summed E-state index contributed by atoms with van der Waals surface area (Å²) in [6, 6.07) is 3.84. The number of phenols is 1. The zero-order valence-corrected chi connectivity index (χ0v) is 20.5. The molecule has 4 heterocycles. The summed E-state index contributed by atoms with van der Waals surface area (Å²) >= 11 is 0. The van der Waals surface area contributed by atoms with Gasteiger partial charge in [-0.1, -0.05) is 12.5 Å². The Kier molecular flexibility index (Phi) is 4.21. The number of piperidine rings is 1. The highest BCUT2D eigenvalue weighted by atomic mass is 16.5. The van der Waals surface area contributed by atoms with Gasteiger partial charge in [-0.2, -0.15) is 0 Å². The predicted octanol–water partition coefficient (Wildman–Crippen LogP) is 1.88. The van der Waals surface area contributed by atoms with Gasteiger partial charge < -0.3 is 19.8 Å². The number of phenolic OH excluding ortho intramolecular Hbond substituents is 1. The Labute approximate surface area is 207 Å². The van der Waals surface area contributed by atoms with Crippen LogP contribution in [0.3, 0.4) is 0 Å². The lowest BCUT2D eigenvalue weighted by molar-refractivity contribution is -0.162. The second-order valence-corrected chi connectivity index (χ2v) is 12.9. The summed E-state index contributed by atoms with van der Waals surface area (Å²) in [5.41, 5.74) is 1.24. The maximum Gasteiger partial charge on any atom is 0.236 e. The summed E-state index contributed by atoms with van der Waals surface area (Å²) in [4.78, 5) is 20.3. The van der Waals surface area contributed by atoms with Gasteiger partial charge >= 0.3 is 0 Å². The van der Waals surface area contributed by atoms with Crippen molar-refractivity contribution in [3.05, 3.63) is 23.3 Å². The zero-order chi connectivity index (χ0) is 23.6. The second-order valence-electron chi connectivity index (χ2n) is 12.9. The minimum Gasteiger partial charge on any atom is -0.504 e. The molecule has 4 aliphatic heterocycles. The topological polar surface area (TPSA) is 76.5 Å². The van der Waals surface area contributed by atoms with Crippen LogP contribution in [-0.4, -0.2) is 94.4 Å². The van der Waals surface area contributed by atoms with E-state index in [0.717, 1.165) is 50.5 Å². The molecule has 7 heteroatoms. The molecule has 5 fully saturated rings. The number of aliphatic hydroxyl groups is 1. The van der Waals surface area contributed by atoms with Crippen molar-refractivity contribution in [1.29, 1.82) is 0 Å². The first kappa shape index (κ1) is 21.3. The second kappa shape index (κ2) is 6.93. The summed E-state index contributed by atoms with van der Waals surface area (Å²) in [7, 11) is 0. The third-order valence-electron chi connectivity index (χ3n) is 11.0. The molecule has 0 radical (unpaired) electrons. The predicted molar refractivity (Wildman–Crippen MR) is 129 cm³/mol. The van der Waals surface area contributed by atoms with Crippen LogP contribution < -0.4 is 4.74 Å². The third kappa shape index (κ3) is 2.75. The summed E-state index contributed by atoms with van der Waals surface area (Å²) in [5, 5.41) is 23.4. The van der Waals surface area contributed by atoms with Crippen molar-refractivity contribution in [2.75, 3.05) is 45.8 Å². The average molecular weight is 480 g/mol. The fraction of sp³-hybridized carbons (Fsp3) is 0.750. The van der Waals surface area contributed by atoms with E-state index in [-0.39, 0.29) is 23.8 Å². The van der Waals surface area contributed by atoms with Gasteiger partial charge in [0.1, 0.15) is 6.10 Å². The lowest BCUT2D eigenvalue weighted by atomic mass is 9.52. The van der Waals surface area contributed by atoms with E-state index in [0.29, 0.717) is 37.2 Å². The van der Waals surface area contributed by atoms with Crippen LogP contribution in [0.1, 0.15) is 56.1 Å². The highest BCUT2D eigenvalue weighted by Gasteiger charge is 2.71. The van der Waals surface area contributed by atoms with E-state index in [9.17, 15) is 15.0 Å². The Bertz CT molecular complexity index is 1090. The average Bonchev–Trinajstić information content (AvgIpc) is 3.54. The van der Waals surface area contributed by atoms with Gasteiger partial charge in [0, 0.05) is 37.8 Å². The fourth-order valence-corrected chi connectivity index (χ4v) is 8.93. The quantitative estimate of drug-likeness (QED) is 0.687. The summed E-state index contributed by atoms with van der Waals surface area (Å²) in [6.45, 7) is 5.66. The van der Waals surface area contributed by atoms with Gasteiger partial charge in [0.2, 0.25) is 5.91 Å². The molecule has 4 atom stereocenters. The van der Waals surface area contributed by atoms with E-state index in [4.69, 9.17) is 4.74 Å². The molecule has 7 aliphatic rings. The van der Waals surface area contributed by atoms with Gasteiger partial charge in [-0.15, -0.1) is 0 Å². The number of hydrogen-bond acceptors (Lipinski definition) is 6. The van der Waals surface area contributed by atoms with E-state index in [1.807, 2.05) is 11.0 Å². The summed E-state index contributed by atoms with van der Waals surface area (Å²) < 4.78 is 6.53. The normalized spacial score (nSPS) is 38.8. The molecule has 2 spiro atoms. The molecule has 0 unspecified atom stereocenters. The number of likely N-dealkylation sites (tertiary alicyclic amines) is 3. The highest BCUT2D eigenvalue weighted by molar-refractivity contribution is 5.79. The Morgan fingerprint density at radius 1 is 1.11 bits per heavy atom. The van der Waals surface area contributed by atoms with Crippen molar-refractivity contribution in [2.45, 2.75) is 74.5 Å². The van der Waals surface area contributed by atoms with Crippen LogP contribution in [0.15, 0.2) is 12.1 Å². The molecule has 3 saturated heterocycles. The van der Waals surface area contributed by atoms with Crippen molar-refractivity contribution in [2.24, 2.45) is 11.3 Å². The van der Waals surface area contributed by atoms with Crippen LogP contribution in [-0.2, 0) is 16.6 Å². The highest BCUT2D eigenvalue weighted by Crippen LogP contribution is 2.63. The standard InChI is InChI=1S/C28H37N3O4/c32-20-5-4-19-12-21-28(34)9-11-31(23(33)15-29-16-26(17-29)6-1-7-26)14-22-27(28,24(19)25(20)35-22)8-10-30(21)13-18-2-3-18/h4-5,18,21-22,32,34H,1-3,6-17H2/t21-,22+,27-,28-/m1/s1. The molecule has 2 N–H and O–H groups in total. The van der Waals surface area contributed by atoms with Crippen LogP contribution in [0.25, 0.3) is 0 Å². The van der Waals surface area contributed by atoms with Crippen molar-refractivity contribution in [1.82, 2.24) is 14.7 Å². The SMILES string of the molecule is O=C(CN1CC2(CCC2)C1)N1CC[C@@]2(O)[C@H]3Cc4ccc(O)c5c4[C@@]2(CCN3CC2CC2)[C@H](C1)O5. The molecule has 2 saturated carbocycles. The maximum atomic E-state index is 13.5. The molecule has 35 heavy (non-hydrogen) atoms. The first-order chi connectivity index (χ1) is 16.9. The van der Waals surface area contributed by atoms with E-state index >= 15 is 0 Å². The van der Waals surface area contributed by atoms with E-state index in [1.165, 1.54) is 37.7 Å². The Morgan fingerprint density at radius 2 is 1.94 bits per heavy atom. The maximum absolute atomic E-state index is 13.5. The van der Waals surface area contributed by atoms with Crippen LogP contribution in [0, 0.1) is 11.3 Å². The lowest BCUT2D eigenvalue weighted by Crippen LogP contribution is -2.74. The molecule has 1 aromatic rings. The lowest BCUT2D eigenvalue weighted by Gasteiger charge is -2.60. The van der Waals surface area contributed by atoms with E-state index in [1.54, 1.807) is 6.07 Å². The number of hydrogen-bond donors (Lipinski definition) is 2. The number of carbonyl (C=O) groups is 1. The number of ether oxygens (including phenoxy) is 1. The molecular weight excluding hydrogens is 442 g/mol.